The second-order valence-corrected chi connectivity index (χ2v) is 8.10. The first-order valence-corrected chi connectivity index (χ1v) is 10.5. The number of piperidine rings is 1. The van der Waals surface area contributed by atoms with Crippen LogP contribution >= 0.6 is 11.6 Å². The quantitative estimate of drug-likeness (QED) is 0.782. The third-order valence-corrected chi connectivity index (χ3v) is 5.76. The van der Waals surface area contributed by atoms with Gasteiger partial charge in [0.05, 0.1) is 11.2 Å². The Morgan fingerprint density at radius 3 is 2.57 bits per heavy atom. The zero-order valence-electron chi connectivity index (χ0n) is 16.5. The number of anilines is 2. The van der Waals surface area contributed by atoms with E-state index in [4.69, 9.17) is 11.6 Å². The number of pyridine rings is 1. The average Bonchev–Trinajstić information content (AvgIpc) is 3.53. The molecule has 146 valence electrons. The summed E-state index contributed by atoms with van der Waals surface area (Å²) >= 11 is 6.32. The lowest BCUT2D eigenvalue weighted by molar-refractivity contribution is 0.361. The highest BCUT2D eigenvalue weighted by Gasteiger charge is 2.33. The number of nitrogens with zero attached hydrogens (tertiary/aromatic N) is 4. The van der Waals surface area contributed by atoms with Crippen molar-refractivity contribution >= 4 is 23.4 Å². The third-order valence-electron chi connectivity index (χ3n) is 5.48. The van der Waals surface area contributed by atoms with E-state index in [1.54, 1.807) is 6.20 Å². The largest absolute Gasteiger partial charge is 0.370 e. The average molecular weight is 396 g/mol. The normalized spacial score (nSPS) is 17.2. The molecule has 28 heavy (non-hydrogen) atoms. The second-order valence-electron chi connectivity index (χ2n) is 7.69. The summed E-state index contributed by atoms with van der Waals surface area (Å²) in [6.07, 6.45) is 6.99. The molecule has 2 fully saturated rings. The summed E-state index contributed by atoms with van der Waals surface area (Å²) in [5.41, 5.74) is 2.40. The van der Waals surface area contributed by atoms with E-state index in [1.165, 1.54) is 25.7 Å². The maximum atomic E-state index is 6.32. The molecule has 6 heteroatoms. The summed E-state index contributed by atoms with van der Waals surface area (Å²) in [5.74, 6) is 9.75. The molecular formula is C22H26ClN5. The van der Waals surface area contributed by atoms with Crippen molar-refractivity contribution in [2.75, 3.05) is 29.9 Å². The highest BCUT2D eigenvalue weighted by molar-refractivity contribution is 6.31. The Hall–Kier alpha value is -2.32. The summed E-state index contributed by atoms with van der Waals surface area (Å²) in [6, 6.07) is 3.91. The van der Waals surface area contributed by atoms with Crippen molar-refractivity contribution in [1.82, 2.24) is 15.0 Å². The SMILES string of the molecule is CCNc1cc(C#Cc2nc(N3CCC(C4CC4)CC3)ncc2Cl)cc(C)n1. The number of rotatable bonds is 4. The van der Waals surface area contributed by atoms with Crippen LogP contribution in [-0.2, 0) is 0 Å². The molecule has 1 aliphatic carbocycles. The van der Waals surface area contributed by atoms with Gasteiger partial charge in [-0.15, -0.1) is 0 Å². The Morgan fingerprint density at radius 2 is 1.86 bits per heavy atom. The number of hydrogen-bond donors (Lipinski definition) is 1. The van der Waals surface area contributed by atoms with Crippen molar-refractivity contribution in [2.45, 2.75) is 39.5 Å². The van der Waals surface area contributed by atoms with Crippen molar-refractivity contribution in [2.24, 2.45) is 11.8 Å². The van der Waals surface area contributed by atoms with Crippen molar-refractivity contribution in [3.8, 4) is 11.8 Å². The Labute approximate surface area is 171 Å². The molecule has 0 bridgehead atoms. The highest BCUT2D eigenvalue weighted by atomic mass is 35.5. The van der Waals surface area contributed by atoms with E-state index in [0.717, 1.165) is 54.5 Å². The second kappa shape index (κ2) is 8.36. The van der Waals surface area contributed by atoms with Crippen LogP contribution in [0, 0.1) is 30.6 Å². The molecule has 0 amide bonds. The number of hydrogen-bond acceptors (Lipinski definition) is 5. The van der Waals surface area contributed by atoms with Gasteiger partial charge in [-0.1, -0.05) is 17.5 Å². The molecule has 1 N–H and O–H groups in total. The predicted molar refractivity (Wildman–Crippen MR) is 114 cm³/mol. The minimum Gasteiger partial charge on any atom is -0.370 e. The Bertz CT molecular complexity index is 905. The van der Waals surface area contributed by atoms with Gasteiger partial charge >= 0.3 is 0 Å². The van der Waals surface area contributed by atoms with Gasteiger partial charge in [0.1, 0.15) is 11.5 Å². The topological polar surface area (TPSA) is 53.9 Å². The molecular weight excluding hydrogens is 370 g/mol. The van der Waals surface area contributed by atoms with Crippen molar-refractivity contribution in [3.63, 3.8) is 0 Å². The van der Waals surface area contributed by atoms with Crippen LogP contribution in [0.1, 0.15) is 49.6 Å². The van der Waals surface area contributed by atoms with Crippen molar-refractivity contribution in [1.29, 1.82) is 0 Å². The zero-order valence-corrected chi connectivity index (χ0v) is 17.3. The van der Waals surface area contributed by atoms with Crippen molar-refractivity contribution < 1.29 is 0 Å². The first kappa shape index (κ1) is 19.0. The first-order valence-electron chi connectivity index (χ1n) is 10.1. The fourth-order valence-electron chi connectivity index (χ4n) is 3.88. The molecule has 1 aliphatic heterocycles. The molecule has 1 saturated heterocycles. The maximum Gasteiger partial charge on any atom is 0.226 e. The lowest BCUT2D eigenvalue weighted by Gasteiger charge is -2.32. The van der Waals surface area contributed by atoms with Gasteiger partial charge in [-0.2, -0.15) is 0 Å². The van der Waals surface area contributed by atoms with E-state index < -0.39 is 0 Å². The van der Waals surface area contributed by atoms with Gasteiger partial charge in [0.25, 0.3) is 0 Å². The maximum absolute atomic E-state index is 6.32. The van der Waals surface area contributed by atoms with Gasteiger partial charge in [-0.3, -0.25) is 0 Å². The molecule has 2 aromatic heterocycles. The van der Waals surface area contributed by atoms with E-state index in [9.17, 15) is 0 Å². The van der Waals surface area contributed by atoms with E-state index in [-0.39, 0.29) is 0 Å². The third kappa shape index (κ3) is 4.56. The minimum atomic E-state index is 0.488. The van der Waals surface area contributed by atoms with E-state index in [2.05, 4.69) is 37.0 Å². The summed E-state index contributed by atoms with van der Waals surface area (Å²) in [5, 5.41) is 3.72. The van der Waals surface area contributed by atoms with Crippen LogP contribution in [0.15, 0.2) is 18.3 Å². The summed E-state index contributed by atoms with van der Waals surface area (Å²) < 4.78 is 0. The van der Waals surface area contributed by atoms with Gasteiger partial charge < -0.3 is 10.2 Å². The molecule has 0 aromatic carbocycles. The fourth-order valence-corrected chi connectivity index (χ4v) is 4.02. The molecule has 2 aliphatic rings. The van der Waals surface area contributed by atoms with E-state index in [0.29, 0.717) is 10.7 Å². The molecule has 2 aromatic rings. The Balaban J connectivity index is 1.51. The molecule has 3 heterocycles. The van der Waals surface area contributed by atoms with Crippen LogP contribution in [0.3, 0.4) is 0 Å². The standard InChI is InChI=1S/C22H26ClN5/c1-3-24-21-13-16(12-15(2)26-21)4-7-20-19(23)14-25-22(27-20)28-10-8-18(9-11-28)17-5-6-17/h12-14,17-18H,3,5-6,8-11H2,1-2H3,(H,24,26). The Kier molecular flexibility index (Phi) is 5.68. The summed E-state index contributed by atoms with van der Waals surface area (Å²) in [4.78, 5) is 15.8. The van der Waals surface area contributed by atoms with Crippen LogP contribution in [0.2, 0.25) is 5.02 Å². The molecule has 0 unspecified atom stereocenters. The smallest absolute Gasteiger partial charge is 0.226 e. The van der Waals surface area contributed by atoms with Crippen LogP contribution < -0.4 is 10.2 Å². The van der Waals surface area contributed by atoms with Gasteiger partial charge in [0.15, 0.2) is 0 Å². The molecule has 0 atom stereocenters. The minimum absolute atomic E-state index is 0.488. The van der Waals surface area contributed by atoms with Gasteiger partial charge in [-0.25, -0.2) is 15.0 Å². The summed E-state index contributed by atoms with van der Waals surface area (Å²) in [6.45, 7) is 6.87. The van der Waals surface area contributed by atoms with Gasteiger partial charge in [0.2, 0.25) is 5.95 Å². The molecule has 1 saturated carbocycles. The van der Waals surface area contributed by atoms with Crippen LogP contribution in [-0.4, -0.2) is 34.6 Å². The summed E-state index contributed by atoms with van der Waals surface area (Å²) in [7, 11) is 0. The van der Waals surface area contributed by atoms with Gasteiger partial charge in [0, 0.05) is 30.9 Å². The number of halogens is 1. The highest BCUT2D eigenvalue weighted by Crippen LogP contribution is 2.42. The van der Waals surface area contributed by atoms with Crippen LogP contribution in [0.5, 0.6) is 0 Å². The lowest BCUT2D eigenvalue weighted by atomic mass is 9.92. The fraction of sp³-hybridized carbons (Fsp3) is 0.500. The molecule has 0 spiro atoms. The Morgan fingerprint density at radius 1 is 1.11 bits per heavy atom. The first-order chi connectivity index (χ1) is 13.6. The lowest BCUT2D eigenvalue weighted by Crippen LogP contribution is -2.35. The van der Waals surface area contributed by atoms with E-state index >= 15 is 0 Å². The van der Waals surface area contributed by atoms with Crippen LogP contribution in [0.25, 0.3) is 0 Å². The van der Waals surface area contributed by atoms with Crippen LogP contribution in [0.4, 0.5) is 11.8 Å². The molecule has 4 rings (SSSR count). The number of nitrogens with one attached hydrogen (secondary N) is 1. The van der Waals surface area contributed by atoms with Gasteiger partial charge in [-0.05, 0) is 69.4 Å². The number of aromatic nitrogens is 3. The number of aryl methyl sites for hydroxylation is 1. The molecule has 0 radical (unpaired) electrons. The molecule has 5 nitrogen and oxygen atoms in total. The monoisotopic (exact) mass is 395 g/mol. The van der Waals surface area contributed by atoms with E-state index in [1.807, 2.05) is 26.0 Å². The zero-order chi connectivity index (χ0) is 19.5. The predicted octanol–water partition coefficient (Wildman–Crippen LogP) is 4.29. The van der Waals surface area contributed by atoms with Crippen molar-refractivity contribution in [3.05, 3.63) is 40.3 Å².